The second-order valence-electron chi connectivity index (χ2n) is 14.4. The lowest BCUT2D eigenvalue weighted by molar-refractivity contribution is -0.161. The van der Waals surface area contributed by atoms with Crippen LogP contribution in [0, 0.1) is 0 Å². The van der Waals surface area contributed by atoms with Gasteiger partial charge in [0.1, 0.15) is 6.61 Å². The van der Waals surface area contributed by atoms with Gasteiger partial charge < -0.3 is 14.4 Å². The maximum Gasteiger partial charge on any atom is 0.472 e. The van der Waals surface area contributed by atoms with E-state index in [4.69, 9.17) is 18.5 Å². The summed E-state index contributed by atoms with van der Waals surface area (Å²) < 4.78 is 32.6. The average molecular weight is 757 g/mol. The Labute approximate surface area is 320 Å². The molecule has 2 unspecified atom stereocenters. The van der Waals surface area contributed by atoms with Crippen LogP contribution in [0.2, 0.25) is 0 Å². The summed E-state index contributed by atoms with van der Waals surface area (Å²) in [7, 11) is -4.28. The first-order valence-electron chi connectivity index (χ1n) is 21.6. The van der Waals surface area contributed by atoms with Crippen molar-refractivity contribution in [2.24, 2.45) is 0 Å². The third-order valence-corrected chi connectivity index (χ3v) is 10.3. The highest BCUT2D eigenvalue weighted by atomic mass is 31.2. The van der Waals surface area contributed by atoms with Crippen molar-refractivity contribution in [2.45, 2.75) is 219 Å². The van der Waals surface area contributed by atoms with Crippen LogP contribution in [0.3, 0.4) is 0 Å². The molecule has 0 heterocycles. The first-order chi connectivity index (χ1) is 25.3. The summed E-state index contributed by atoms with van der Waals surface area (Å²) in [5, 5.41) is 0. The van der Waals surface area contributed by atoms with E-state index < -0.39 is 26.5 Å². The molecule has 0 rings (SSSR count). The number of carbonyl (C=O) groups excluding carboxylic acids is 2. The number of hydrogen-bond acceptors (Lipinski definition) is 7. The number of rotatable bonds is 40. The molecule has 0 amide bonds. The number of allylic oxidation sites excluding steroid dienone is 4. The minimum Gasteiger partial charge on any atom is -0.462 e. The van der Waals surface area contributed by atoms with E-state index in [1.807, 2.05) is 0 Å². The molecular weight excluding hydrogens is 675 g/mol. The van der Waals surface area contributed by atoms with Gasteiger partial charge in [-0.05, 0) is 51.9 Å². The van der Waals surface area contributed by atoms with Crippen molar-refractivity contribution < 1.29 is 37.6 Å². The zero-order chi connectivity index (χ0) is 38.2. The fourth-order valence-corrected chi connectivity index (χ4v) is 6.83. The minimum atomic E-state index is -4.28. The molecule has 2 atom stereocenters. The Balaban J connectivity index is 4.07. The van der Waals surface area contributed by atoms with E-state index in [2.05, 4.69) is 38.2 Å². The summed E-state index contributed by atoms with van der Waals surface area (Å²) >= 11 is 0. The van der Waals surface area contributed by atoms with Gasteiger partial charge in [-0.1, -0.05) is 173 Å². The van der Waals surface area contributed by atoms with E-state index in [1.165, 1.54) is 116 Å². The molecule has 0 spiro atoms. The van der Waals surface area contributed by atoms with Crippen LogP contribution in [0.1, 0.15) is 213 Å². The Morgan fingerprint density at radius 3 is 1.40 bits per heavy atom. The van der Waals surface area contributed by atoms with Crippen molar-refractivity contribution in [3.63, 3.8) is 0 Å². The molecule has 0 saturated heterocycles. The Hall–Kier alpha value is -1.47. The summed E-state index contributed by atoms with van der Waals surface area (Å²) in [5.74, 6) is -0.805. The van der Waals surface area contributed by atoms with Gasteiger partial charge >= 0.3 is 19.8 Å². The molecule has 0 aliphatic carbocycles. The minimum absolute atomic E-state index is 0.000595. The van der Waals surface area contributed by atoms with E-state index in [1.54, 1.807) is 6.92 Å². The molecule has 0 aromatic heterocycles. The van der Waals surface area contributed by atoms with Crippen LogP contribution in [0.4, 0.5) is 0 Å². The van der Waals surface area contributed by atoms with Crippen molar-refractivity contribution in [3.8, 4) is 0 Å². The molecule has 8 nitrogen and oxygen atoms in total. The molecule has 0 saturated carbocycles. The van der Waals surface area contributed by atoms with Gasteiger partial charge in [0.25, 0.3) is 0 Å². The smallest absolute Gasteiger partial charge is 0.462 e. The van der Waals surface area contributed by atoms with Crippen molar-refractivity contribution in [1.29, 1.82) is 0 Å². The monoisotopic (exact) mass is 757 g/mol. The van der Waals surface area contributed by atoms with Gasteiger partial charge in [0, 0.05) is 12.8 Å². The SMILES string of the molecule is CCCCC/C=C\C/C=C\CCCCCCCC(=O)OC(COC(=O)CCCCCCCCCCCCCCCCCCC)COP(=O)(O)OCC. The lowest BCUT2D eigenvalue weighted by atomic mass is 10.0. The van der Waals surface area contributed by atoms with Gasteiger partial charge in [0.15, 0.2) is 6.10 Å². The van der Waals surface area contributed by atoms with Crippen molar-refractivity contribution >= 4 is 19.8 Å². The summed E-state index contributed by atoms with van der Waals surface area (Å²) in [4.78, 5) is 34.7. The molecule has 0 aromatic rings. The molecular formula is C43H81O8P. The lowest BCUT2D eigenvalue weighted by Crippen LogP contribution is -2.29. The standard InChI is InChI=1S/C43H81O8P/c1-4-7-9-11-13-15-17-19-21-22-24-25-27-29-31-33-35-37-42(44)48-39-41(40-50-52(46,47)49-6-3)51-43(45)38-36-34-32-30-28-26-23-20-18-16-14-12-10-8-5-2/h14,16,20,23,41H,4-13,15,17-19,21-22,24-40H2,1-3H3,(H,46,47)/b16-14-,23-20-. The second kappa shape index (κ2) is 39.2. The molecule has 52 heavy (non-hydrogen) atoms. The highest BCUT2D eigenvalue weighted by molar-refractivity contribution is 7.47. The molecule has 0 radical (unpaired) electrons. The Kier molecular flexibility index (Phi) is 38.1. The molecule has 0 bridgehead atoms. The zero-order valence-corrected chi connectivity index (χ0v) is 34.9. The highest BCUT2D eigenvalue weighted by Crippen LogP contribution is 2.43. The van der Waals surface area contributed by atoms with E-state index in [0.29, 0.717) is 12.8 Å². The maximum atomic E-state index is 12.5. The number of hydrogen-bond donors (Lipinski definition) is 1. The van der Waals surface area contributed by atoms with Crippen molar-refractivity contribution in [2.75, 3.05) is 19.8 Å². The third kappa shape index (κ3) is 38.3. The number of ether oxygens (including phenoxy) is 2. The Bertz CT molecular complexity index is 906. The van der Waals surface area contributed by atoms with E-state index in [9.17, 15) is 19.0 Å². The van der Waals surface area contributed by atoms with Crippen LogP contribution < -0.4 is 0 Å². The summed E-state index contributed by atoms with van der Waals surface area (Å²) in [5.41, 5.74) is 0. The number of carbonyl (C=O) groups is 2. The van der Waals surface area contributed by atoms with Crippen molar-refractivity contribution in [3.05, 3.63) is 24.3 Å². The summed E-state index contributed by atoms with van der Waals surface area (Å²) in [6.07, 6.45) is 42.3. The lowest BCUT2D eigenvalue weighted by Gasteiger charge is -2.19. The predicted molar refractivity (Wildman–Crippen MR) is 216 cm³/mol. The first-order valence-corrected chi connectivity index (χ1v) is 23.1. The second-order valence-corrected chi connectivity index (χ2v) is 15.8. The molecule has 0 aliphatic rings. The fourth-order valence-electron chi connectivity index (χ4n) is 6.07. The van der Waals surface area contributed by atoms with Crippen LogP contribution in [-0.2, 0) is 32.7 Å². The van der Waals surface area contributed by atoms with Gasteiger partial charge in [-0.2, -0.15) is 0 Å². The van der Waals surface area contributed by atoms with Crippen LogP contribution in [-0.4, -0.2) is 42.8 Å². The molecule has 0 fully saturated rings. The maximum absolute atomic E-state index is 12.5. The number of unbranched alkanes of at least 4 members (excludes halogenated alkanes) is 24. The van der Waals surface area contributed by atoms with Crippen LogP contribution in [0.15, 0.2) is 24.3 Å². The summed E-state index contributed by atoms with van der Waals surface area (Å²) in [6, 6.07) is 0. The number of phosphoric acid groups is 1. The molecule has 9 heteroatoms. The van der Waals surface area contributed by atoms with Crippen LogP contribution in [0.25, 0.3) is 0 Å². The van der Waals surface area contributed by atoms with E-state index in [0.717, 1.165) is 57.8 Å². The molecule has 0 aromatic carbocycles. The average Bonchev–Trinajstić information content (AvgIpc) is 3.12. The van der Waals surface area contributed by atoms with Crippen LogP contribution >= 0.6 is 7.82 Å². The van der Waals surface area contributed by atoms with Gasteiger partial charge in [-0.15, -0.1) is 0 Å². The van der Waals surface area contributed by atoms with Crippen molar-refractivity contribution in [1.82, 2.24) is 0 Å². The Morgan fingerprint density at radius 2 is 0.923 bits per heavy atom. The normalized spacial score (nSPS) is 13.5. The molecule has 0 aliphatic heterocycles. The van der Waals surface area contributed by atoms with Gasteiger partial charge in [-0.3, -0.25) is 18.6 Å². The fraction of sp³-hybridized carbons (Fsp3) is 0.860. The van der Waals surface area contributed by atoms with Crippen LogP contribution in [0.5, 0.6) is 0 Å². The highest BCUT2D eigenvalue weighted by Gasteiger charge is 2.25. The number of phosphoric ester groups is 1. The largest absolute Gasteiger partial charge is 0.472 e. The zero-order valence-electron chi connectivity index (χ0n) is 34.0. The molecule has 1 N–H and O–H groups in total. The Morgan fingerprint density at radius 1 is 0.519 bits per heavy atom. The van der Waals surface area contributed by atoms with E-state index in [-0.39, 0.29) is 25.6 Å². The number of esters is 2. The first kappa shape index (κ1) is 50.5. The summed E-state index contributed by atoms with van der Waals surface area (Å²) in [6.45, 7) is 5.45. The van der Waals surface area contributed by atoms with Gasteiger partial charge in [0.2, 0.25) is 0 Å². The third-order valence-electron chi connectivity index (χ3n) is 9.26. The van der Waals surface area contributed by atoms with Gasteiger partial charge in [0.05, 0.1) is 13.2 Å². The van der Waals surface area contributed by atoms with E-state index >= 15 is 0 Å². The molecule has 306 valence electrons. The quantitative estimate of drug-likeness (QED) is 0.0285. The predicted octanol–water partition coefficient (Wildman–Crippen LogP) is 13.5. The topological polar surface area (TPSA) is 108 Å². The van der Waals surface area contributed by atoms with Gasteiger partial charge in [-0.25, -0.2) is 4.57 Å².